The molecule has 0 spiro atoms. The molecule has 0 unspecified atom stereocenters. The van der Waals surface area contributed by atoms with Crippen LogP contribution in [-0.2, 0) is 0 Å². The zero-order chi connectivity index (χ0) is 13.3. The Kier molecular flexibility index (Phi) is 4.71. The van der Waals surface area contributed by atoms with Crippen LogP contribution in [0.1, 0.15) is 16.5 Å². The Morgan fingerprint density at radius 1 is 1.37 bits per heavy atom. The average Bonchev–Trinajstić information content (AvgIpc) is 2.84. The van der Waals surface area contributed by atoms with Crippen molar-refractivity contribution in [1.29, 1.82) is 0 Å². The quantitative estimate of drug-likeness (QED) is 0.458. The van der Waals surface area contributed by atoms with Crippen molar-refractivity contribution in [2.24, 2.45) is 5.73 Å². The molecule has 1 aromatic carbocycles. The molecular formula is C11H11ClN2O4S. The van der Waals surface area contributed by atoms with E-state index in [1.807, 2.05) is 11.4 Å². The molecule has 0 saturated heterocycles. The third kappa shape index (κ3) is 2.95. The van der Waals surface area contributed by atoms with Crippen LogP contribution in [0.25, 0.3) is 0 Å². The highest BCUT2D eigenvalue weighted by atomic mass is 35.5. The van der Waals surface area contributed by atoms with Crippen LogP contribution < -0.4 is 5.73 Å². The average molecular weight is 303 g/mol. The van der Waals surface area contributed by atoms with Gasteiger partial charge in [-0.2, -0.15) is 0 Å². The molecule has 0 saturated carbocycles. The molecule has 6 nitrogen and oxygen atoms in total. The lowest BCUT2D eigenvalue weighted by Gasteiger charge is -2.11. The number of aromatic hydroxyl groups is 2. The van der Waals surface area contributed by atoms with E-state index in [1.54, 1.807) is 6.07 Å². The summed E-state index contributed by atoms with van der Waals surface area (Å²) in [7, 11) is 0. The van der Waals surface area contributed by atoms with Gasteiger partial charge in [-0.05, 0) is 23.1 Å². The Bertz CT molecular complexity index is 589. The van der Waals surface area contributed by atoms with E-state index >= 15 is 0 Å². The minimum absolute atomic E-state index is 0. The Balaban J connectivity index is 0.00000180. The van der Waals surface area contributed by atoms with Gasteiger partial charge in [-0.3, -0.25) is 10.1 Å². The summed E-state index contributed by atoms with van der Waals surface area (Å²) in [5.74, 6) is -1.30. The molecule has 0 aliphatic rings. The molecule has 8 heteroatoms. The number of hydrogen-bond donors (Lipinski definition) is 3. The SMILES string of the molecule is Cl.N[C@@H](c1cc(O)c(O)c([N+](=O)[O-])c1)c1cccs1. The maximum atomic E-state index is 10.7. The summed E-state index contributed by atoms with van der Waals surface area (Å²) in [5.41, 5.74) is 5.76. The highest BCUT2D eigenvalue weighted by molar-refractivity contribution is 7.10. The number of hydrogen-bond acceptors (Lipinski definition) is 6. The first-order chi connectivity index (χ1) is 8.50. The lowest BCUT2D eigenvalue weighted by atomic mass is 10.0. The molecule has 0 bridgehead atoms. The second kappa shape index (κ2) is 5.87. The first-order valence-corrected chi connectivity index (χ1v) is 5.88. The molecule has 0 fully saturated rings. The summed E-state index contributed by atoms with van der Waals surface area (Å²) in [4.78, 5) is 10.8. The normalized spacial score (nSPS) is 11.6. The van der Waals surface area contributed by atoms with Crippen molar-refractivity contribution in [1.82, 2.24) is 0 Å². The van der Waals surface area contributed by atoms with Gasteiger partial charge in [-0.1, -0.05) is 6.07 Å². The van der Waals surface area contributed by atoms with Crippen LogP contribution in [-0.4, -0.2) is 15.1 Å². The minimum Gasteiger partial charge on any atom is -0.504 e. The molecule has 19 heavy (non-hydrogen) atoms. The van der Waals surface area contributed by atoms with Crippen molar-refractivity contribution in [3.8, 4) is 11.5 Å². The zero-order valence-corrected chi connectivity index (χ0v) is 11.1. The van der Waals surface area contributed by atoms with Crippen molar-refractivity contribution in [3.05, 3.63) is 50.2 Å². The Hall–Kier alpha value is -1.83. The zero-order valence-electron chi connectivity index (χ0n) is 9.52. The van der Waals surface area contributed by atoms with Gasteiger partial charge in [-0.25, -0.2) is 0 Å². The molecule has 0 amide bonds. The predicted molar refractivity (Wildman–Crippen MR) is 74.0 cm³/mol. The standard InChI is InChI=1S/C11H10N2O4S.ClH/c12-10(9-2-1-3-18-9)6-4-7(13(16)17)11(15)8(14)5-6;/h1-5,10,14-15H,12H2;1H/t10-;/m0./s1. The van der Waals surface area contributed by atoms with Crippen LogP contribution in [0.4, 0.5) is 5.69 Å². The minimum atomic E-state index is -0.764. The first-order valence-electron chi connectivity index (χ1n) is 5.00. The van der Waals surface area contributed by atoms with E-state index < -0.39 is 28.2 Å². The number of halogens is 1. The second-order valence-corrected chi connectivity index (χ2v) is 4.64. The van der Waals surface area contributed by atoms with E-state index in [-0.39, 0.29) is 12.4 Å². The van der Waals surface area contributed by atoms with Gasteiger partial charge in [0.25, 0.3) is 0 Å². The van der Waals surface area contributed by atoms with Gasteiger partial charge in [0.05, 0.1) is 11.0 Å². The second-order valence-electron chi connectivity index (χ2n) is 3.66. The summed E-state index contributed by atoms with van der Waals surface area (Å²) in [6.07, 6.45) is 0. The Morgan fingerprint density at radius 3 is 2.58 bits per heavy atom. The summed E-state index contributed by atoms with van der Waals surface area (Å²) in [6, 6.07) is 5.43. The largest absolute Gasteiger partial charge is 0.504 e. The summed E-state index contributed by atoms with van der Waals surface area (Å²) in [6.45, 7) is 0. The Morgan fingerprint density at radius 2 is 2.05 bits per heavy atom. The van der Waals surface area contributed by atoms with Gasteiger partial charge in [0.15, 0.2) is 5.75 Å². The number of nitrogens with two attached hydrogens (primary N) is 1. The molecule has 1 atom stereocenters. The van der Waals surface area contributed by atoms with Crippen molar-refractivity contribution in [2.75, 3.05) is 0 Å². The summed E-state index contributed by atoms with van der Waals surface area (Å²) >= 11 is 1.41. The number of nitro benzene ring substituents is 1. The number of benzene rings is 1. The fraction of sp³-hybridized carbons (Fsp3) is 0.0909. The van der Waals surface area contributed by atoms with Crippen LogP contribution >= 0.6 is 23.7 Å². The molecule has 0 aliphatic heterocycles. The van der Waals surface area contributed by atoms with Crippen LogP contribution in [0.15, 0.2) is 29.6 Å². The monoisotopic (exact) mass is 302 g/mol. The molecule has 4 N–H and O–H groups in total. The van der Waals surface area contributed by atoms with Gasteiger partial charge in [0.2, 0.25) is 5.75 Å². The van der Waals surface area contributed by atoms with Crippen LogP contribution in [0.3, 0.4) is 0 Å². The fourth-order valence-corrected chi connectivity index (χ4v) is 2.33. The Labute approximate surface area is 118 Å². The maximum absolute atomic E-state index is 10.7. The molecule has 0 radical (unpaired) electrons. The van der Waals surface area contributed by atoms with Crippen LogP contribution in [0, 0.1) is 10.1 Å². The summed E-state index contributed by atoms with van der Waals surface area (Å²) < 4.78 is 0. The number of phenols is 2. The van der Waals surface area contributed by atoms with E-state index in [1.165, 1.54) is 23.5 Å². The van der Waals surface area contributed by atoms with Gasteiger partial charge in [-0.15, -0.1) is 23.7 Å². The number of thiophene rings is 1. The predicted octanol–water partition coefficient (Wildman–Crippen LogP) is 2.54. The van der Waals surface area contributed by atoms with Crippen LogP contribution in [0.5, 0.6) is 11.5 Å². The van der Waals surface area contributed by atoms with E-state index in [2.05, 4.69) is 0 Å². The number of phenolic OH excluding ortho intramolecular Hbond substituents is 2. The van der Waals surface area contributed by atoms with E-state index in [4.69, 9.17) is 5.73 Å². The number of rotatable bonds is 3. The molecule has 2 aromatic rings. The van der Waals surface area contributed by atoms with Crippen molar-refractivity contribution in [2.45, 2.75) is 6.04 Å². The molecule has 102 valence electrons. The third-order valence-corrected chi connectivity index (χ3v) is 3.45. The fourth-order valence-electron chi connectivity index (χ4n) is 1.58. The number of nitro groups is 1. The van der Waals surface area contributed by atoms with Crippen LogP contribution in [0.2, 0.25) is 0 Å². The highest BCUT2D eigenvalue weighted by Gasteiger charge is 2.22. The highest BCUT2D eigenvalue weighted by Crippen LogP contribution is 2.38. The molecule has 1 heterocycles. The van der Waals surface area contributed by atoms with Crippen molar-refractivity contribution < 1.29 is 15.1 Å². The summed E-state index contributed by atoms with van der Waals surface area (Å²) in [5, 5.41) is 31.4. The van der Waals surface area contributed by atoms with Gasteiger partial charge < -0.3 is 15.9 Å². The van der Waals surface area contributed by atoms with E-state index in [0.717, 1.165) is 4.88 Å². The van der Waals surface area contributed by atoms with E-state index in [0.29, 0.717) is 5.56 Å². The lowest BCUT2D eigenvalue weighted by Crippen LogP contribution is -2.10. The molecule has 1 aromatic heterocycles. The third-order valence-electron chi connectivity index (χ3n) is 2.50. The molecule has 0 aliphatic carbocycles. The lowest BCUT2D eigenvalue weighted by molar-refractivity contribution is -0.386. The maximum Gasteiger partial charge on any atom is 0.314 e. The van der Waals surface area contributed by atoms with Gasteiger partial charge in [0, 0.05) is 10.9 Å². The molecular weight excluding hydrogens is 292 g/mol. The van der Waals surface area contributed by atoms with Gasteiger partial charge in [0.1, 0.15) is 0 Å². The number of nitrogens with zero attached hydrogens (tertiary/aromatic N) is 1. The van der Waals surface area contributed by atoms with Crippen molar-refractivity contribution >= 4 is 29.4 Å². The first kappa shape index (κ1) is 15.2. The molecule has 2 rings (SSSR count). The smallest absolute Gasteiger partial charge is 0.314 e. The topological polar surface area (TPSA) is 110 Å². The van der Waals surface area contributed by atoms with Crippen molar-refractivity contribution in [3.63, 3.8) is 0 Å². The van der Waals surface area contributed by atoms with Gasteiger partial charge >= 0.3 is 5.69 Å². The van der Waals surface area contributed by atoms with E-state index in [9.17, 15) is 20.3 Å².